The molecule has 7 nitrogen and oxygen atoms in total. The van der Waals surface area contributed by atoms with Crippen molar-refractivity contribution >= 4 is 45.3 Å². The van der Waals surface area contributed by atoms with Crippen molar-refractivity contribution in [2.45, 2.75) is 25.5 Å². The van der Waals surface area contributed by atoms with Crippen LogP contribution in [0.5, 0.6) is 0 Å². The van der Waals surface area contributed by atoms with Crippen LogP contribution in [0, 0.1) is 6.92 Å². The number of fused-ring (bicyclic) bond motifs is 1. The van der Waals surface area contributed by atoms with Crippen molar-refractivity contribution in [2.24, 2.45) is 0 Å². The number of nitrogens with one attached hydrogen (secondary N) is 2. The number of urea groups is 1. The minimum Gasteiger partial charge on any atom is -0.338 e. The molecule has 2 heterocycles. The summed E-state index contributed by atoms with van der Waals surface area (Å²) in [5, 5.41) is 7.64. The van der Waals surface area contributed by atoms with Gasteiger partial charge < -0.3 is 5.32 Å². The van der Waals surface area contributed by atoms with Gasteiger partial charge in [-0.2, -0.15) is 0 Å². The minimum absolute atomic E-state index is 0.0393. The summed E-state index contributed by atoms with van der Waals surface area (Å²) in [6.07, 6.45) is 1.62. The minimum atomic E-state index is -0.545. The van der Waals surface area contributed by atoms with Crippen LogP contribution in [-0.2, 0) is 11.3 Å². The number of benzene rings is 1. The maximum absolute atomic E-state index is 13.3. The maximum atomic E-state index is 13.3. The number of amides is 3. The van der Waals surface area contributed by atoms with Crippen LogP contribution in [-0.4, -0.2) is 33.8 Å². The van der Waals surface area contributed by atoms with Gasteiger partial charge >= 0.3 is 6.03 Å². The molecule has 9 heteroatoms. The van der Waals surface area contributed by atoms with Gasteiger partial charge in [-0.3, -0.25) is 19.5 Å². The molecule has 0 unspecified atom stereocenters. The third kappa shape index (κ3) is 4.80. The summed E-state index contributed by atoms with van der Waals surface area (Å²) >= 11 is 2.50. The summed E-state index contributed by atoms with van der Waals surface area (Å²) in [6, 6.07) is 7.44. The van der Waals surface area contributed by atoms with E-state index in [1.54, 1.807) is 13.0 Å². The fraction of sp³-hybridized carbons (Fsp3) is 0.238. The first kappa shape index (κ1) is 21.8. The molecule has 0 fully saturated rings. The van der Waals surface area contributed by atoms with Crippen molar-refractivity contribution in [3.05, 3.63) is 58.2 Å². The van der Waals surface area contributed by atoms with E-state index in [9.17, 15) is 14.4 Å². The number of imide groups is 1. The number of thioether (sulfide) groups is 1. The van der Waals surface area contributed by atoms with Gasteiger partial charge in [0.15, 0.2) is 5.16 Å². The summed E-state index contributed by atoms with van der Waals surface area (Å²) < 4.78 is 1.50. The van der Waals surface area contributed by atoms with E-state index in [0.29, 0.717) is 21.9 Å². The molecule has 2 N–H and O–H groups in total. The van der Waals surface area contributed by atoms with Gasteiger partial charge in [0.2, 0.25) is 5.91 Å². The highest BCUT2D eigenvalue weighted by atomic mass is 32.2. The number of allylic oxidation sites excluding steroid dienone is 1. The van der Waals surface area contributed by atoms with Crippen LogP contribution in [0.4, 0.5) is 4.79 Å². The van der Waals surface area contributed by atoms with Crippen molar-refractivity contribution in [1.29, 1.82) is 0 Å². The molecule has 0 bridgehead atoms. The summed E-state index contributed by atoms with van der Waals surface area (Å²) in [6.45, 7) is 8.19. The highest BCUT2D eigenvalue weighted by Gasteiger charge is 2.18. The molecule has 1 aromatic carbocycles. The average Bonchev–Trinajstić information content (AvgIpc) is 3.13. The van der Waals surface area contributed by atoms with Gasteiger partial charge in [0, 0.05) is 24.0 Å². The topological polar surface area (TPSA) is 93.1 Å². The van der Waals surface area contributed by atoms with E-state index < -0.39 is 11.9 Å². The lowest BCUT2D eigenvalue weighted by Crippen LogP contribution is -2.40. The smallest absolute Gasteiger partial charge is 0.321 e. The molecule has 0 radical (unpaired) electrons. The van der Waals surface area contributed by atoms with E-state index in [2.05, 4.69) is 22.2 Å². The van der Waals surface area contributed by atoms with Crippen molar-refractivity contribution in [2.75, 3.05) is 12.3 Å². The van der Waals surface area contributed by atoms with Gasteiger partial charge in [0.25, 0.3) is 5.56 Å². The zero-order valence-electron chi connectivity index (χ0n) is 16.7. The highest BCUT2D eigenvalue weighted by molar-refractivity contribution is 7.99. The maximum Gasteiger partial charge on any atom is 0.321 e. The third-order valence-corrected chi connectivity index (χ3v) is 6.10. The zero-order chi connectivity index (χ0) is 21.7. The number of hydrogen-bond donors (Lipinski definition) is 2. The van der Waals surface area contributed by atoms with Crippen molar-refractivity contribution in [3.8, 4) is 11.1 Å². The third-order valence-electron chi connectivity index (χ3n) is 4.26. The number of hydrogen-bond acceptors (Lipinski definition) is 6. The number of aromatic nitrogens is 2. The lowest BCUT2D eigenvalue weighted by molar-refractivity contribution is -0.117. The number of thiophene rings is 1. The molecular formula is C21H22N4O3S2. The second kappa shape index (κ2) is 9.73. The summed E-state index contributed by atoms with van der Waals surface area (Å²) in [5.41, 5.74) is 2.77. The van der Waals surface area contributed by atoms with E-state index in [0.717, 1.165) is 28.5 Å². The second-order valence-electron chi connectivity index (χ2n) is 6.49. The lowest BCUT2D eigenvalue weighted by Gasteiger charge is -2.11. The molecule has 3 aromatic rings. The van der Waals surface area contributed by atoms with Gasteiger partial charge in [-0.15, -0.1) is 17.9 Å². The van der Waals surface area contributed by atoms with Crippen LogP contribution in [0.2, 0.25) is 0 Å². The van der Waals surface area contributed by atoms with E-state index in [1.807, 2.05) is 36.6 Å². The first-order valence-corrected chi connectivity index (χ1v) is 11.2. The summed E-state index contributed by atoms with van der Waals surface area (Å²) in [7, 11) is 0. The molecule has 0 saturated carbocycles. The Labute approximate surface area is 182 Å². The number of aryl methyl sites for hydroxylation is 1. The second-order valence-corrected chi connectivity index (χ2v) is 8.29. The molecule has 0 aliphatic rings. The molecule has 2 aromatic heterocycles. The standard InChI is InChI=1S/C21H22N4O3S2/c1-4-10-25-19(27)17-15(14-8-6-13(3)7-9-14)11-29-18(17)24-21(25)30-12-16(26)23-20(28)22-5-2/h4,6-9,11H,1,5,10,12H2,2-3H3,(H2,22,23,26,28). The Morgan fingerprint density at radius 3 is 2.70 bits per heavy atom. The lowest BCUT2D eigenvalue weighted by atomic mass is 10.1. The molecule has 0 saturated heterocycles. The number of carbonyl (C=O) groups excluding carboxylic acids is 2. The Bertz CT molecular complexity index is 1150. The number of rotatable bonds is 7. The van der Waals surface area contributed by atoms with E-state index in [4.69, 9.17) is 0 Å². The van der Waals surface area contributed by atoms with E-state index >= 15 is 0 Å². The highest BCUT2D eigenvalue weighted by Crippen LogP contribution is 2.32. The fourth-order valence-corrected chi connectivity index (χ4v) is 4.65. The van der Waals surface area contributed by atoms with Crippen LogP contribution in [0.15, 0.2) is 52.3 Å². The van der Waals surface area contributed by atoms with E-state index in [1.165, 1.54) is 15.9 Å². The molecule has 0 spiro atoms. The van der Waals surface area contributed by atoms with Crippen LogP contribution in [0.3, 0.4) is 0 Å². The Balaban J connectivity index is 1.94. The molecule has 156 valence electrons. The van der Waals surface area contributed by atoms with Gasteiger partial charge in [0.05, 0.1) is 11.1 Å². The fourth-order valence-electron chi connectivity index (χ4n) is 2.85. The van der Waals surface area contributed by atoms with Crippen LogP contribution < -0.4 is 16.2 Å². The largest absolute Gasteiger partial charge is 0.338 e. The predicted octanol–water partition coefficient (Wildman–Crippen LogP) is 3.56. The van der Waals surface area contributed by atoms with Crippen molar-refractivity contribution < 1.29 is 9.59 Å². The normalized spacial score (nSPS) is 10.7. The molecule has 30 heavy (non-hydrogen) atoms. The van der Waals surface area contributed by atoms with Crippen LogP contribution >= 0.6 is 23.1 Å². The SMILES string of the molecule is C=CCn1c(SCC(=O)NC(=O)NCC)nc2scc(-c3ccc(C)cc3)c2c1=O. The van der Waals surface area contributed by atoms with Crippen molar-refractivity contribution in [3.63, 3.8) is 0 Å². The summed E-state index contributed by atoms with van der Waals surface area (Å²) in [5.74, 6) is -0.500. The van der Waals surface area contributed by atoms with Gasteiger partial charge in [-0.25, -0.2) is 9.78 Å². The molecule has 0 aliphatic carbocycles. The Kier molecular flexibility index (Phi) is 7.07. The van der Waals surface area contributed by atoms with Crippen LogP contribution in [0.1, 0.15) is 12.5 Å². The molecule has 0 aliphatic heterocycles. The molecule has 3 amide bonds. The van der Waals surface area contributed by atoms with Gasteiger partial charge in [0.1, 0.15) is 4.83 Å². The van der Waals surface area contributed by atoms with E-state index in [-0.39, 0.29) is 17.9 Å². The summed E-state index contributed by atoms with van der Waals surface area (Å²) in [4.78, 5) is 42.0. The average molecular weight is 443 g/mol. The van der Waals surface area contributed by atoms with Crippen LogP contribution in [0.25, 0.3) is 21.3 Å². The zero-order valence-corrected chi connectivity index (χ0v) is 18.4. The Morgan fingerprint density at radius 1 is 1.30 bits per heavy atom. The monoisotopic (exact) mass is 442 g/mol. The first-order chi connectivity index (χ1) is 14.4. The Morgan fingerprint density at radius 2 is 2.03 bits per heavy atom. The molecular weight excluding hydrogens is 420 g/mol. The predicted molar refractivity (Wildman–Crippen MR) is 122 cm³/mol. The molecule has 3 rings (SSSR count). The number of nitrogens with zero attached hydrogens (tertiary/aromatic N) is 2. The number of carbonyl (C=O) groups is 2. The Hall–Kier alpha value is -2.91. The van der Waals surface area contributed by atoms with Gasteiger partial charge in [-0.05, 0) is 19.4 Å². The first-order valence-electron chi connectivity index (χ1n) is 9.35. The van der Waals surface area contributed by atoms with Crippen molar-refractivity contribution in [1.82, 2.24) is 20.2 Å². The quantitative estimate of drug-likeness (QED) is 0.332. The molecule has 0 atom stereocenters. The van der Waals surface area contributed by atoms with Gasteiger partial charge in [-0.1, -0.05) is 47.7 Å².